The molecule has 1 heterocycles. The minimum absolute atomic E-state index is 0.0361. The summed E-state index contributed by atoms with van der Waals surface area (Å²) in [4.78, 5) is 37.5. The van der Waals surface area contributed by atoms with E-state index in [0.29, 0.717) is 15.8 Å². The molecule has 3 rings (SSSR count). The van der Waals surface area contributed by atoms with Crippen molar-refractivity contribution in [1.82, 2.24) is 0 Å². The Morgan fingerprint density at radius 2 is 1.96 bits per heavy atom. The second kappa shape index (κ2) is 7.87. The Morgan fingerprint density at radius 1 is 1.19 bits per heavy atom. The minimum Gasteiger partial charge on any atom is -0.326 e. The summed E-state index contributed by atoms with van der Waals surface area (Å²) in [5.41, 5.74) is 1.23. The smallest absolute Gasteiger partial charge is 0.229 e. The highest BCUT2D eigenvalue weighted by Gasteiger charge is 2.35. The largest absolute Gasteiger partial charge is 0.326 e. The summed E-state index contributed by atoms with van der Waals surface area (Å²) in [7, 11) is 0. The number of anilines is 3. The number of rotatable bonds is 4. The maximum atomic E-state index is 13.9. The van der Waals surface area contributed by atoms with Gasteiger partial charge in [-0.1, -0.05) is 22.0 Å². The van der Waals surface area contributed by atoms with Gasteiger partial charge in [-0.25, -0.2) is 4.39 Å². The molecule has 2 N–H and O–H groups in total. The minimum atomic E-state index is -0.593. The molecule has 0 saturated carbocycles. The molecule has 140 valence electrons. The van der Waals surface area contributed by atoms with Crippen LogP contribution >= 0.6 is 15.9 Å². The molecule has 0 radical (unpaired) electrons. The Kier molecular flexibility index (Phi) is 5.55. The molecule has 8 heteroatoms. The van der Waals surface area contributed by atoms with E-state index in [1.165, 1.54) is 24.0 Å². The molecule has 1 atom stereocenters. The molecule has 0 spiro atoms. The van der Waals surface area contributed by atoms with Crippen molar-refractivity contribution < 1.29 is 18.8 Å². The lowest BCUT2D eigenvalue weighted by Gasteiger charge is -2.18. The topological polar surface area (TPSA) is 78.5 Å². The molecule has 2 aromatic carbocycles. The van der Waals surface area contributed by atoms with E-state index in [9.17, 15) is 18.8 Å². The number of benzene rings is 2. The molecule has 6 nitrogen and oxygen atoms in total. The van der Waals surface area contributed by atoms with Crippen LogP contribution in [-0.2, 0) is 14.4 Å². The number of hydrogen-bond donors (Lipinski definition) is 2. The van der Waals surface area contributed by atoms with Crippen LogP contribution in [0, 0.1) is 11.7 Å². The highest BCUT2D eigenvalue weighted by atomic mass is 79.9. The van der Waals surface area contributed by atoms with Crippen molar-refractivity contribution in [1.29, 1.82) is 0 Å². The summed E-state index contributed by atoms with van der Waals surface area (Å²) < 4.78 is 14.5. The zero-order valence-electron chi connectivity index (χ0n) is 14.5. The van der Waals surface area contributed by atoms with Crippen molar-refractivity contribution >= 4 is 50.7 Å². The maximum Gasteiger partial charge on any atom is 0.229 e. The van der Waals surface area contributed by atoms with Gasteiger partial charge in [0.25, 0.3) is 0 Å². The second-order valence-electron chi connectivity index (χ2n) is 6.25. The number of carbonyl (C=O) groups excluding carboxylic acids is 3. The first-order chi connectivity index (χ1) is 12.8. The maximum absolute atomic E-state index is 13.9. The number of carbonyl (C=O) groups is 3. The fourth-order valence-corrected chi connectivity index (χ4v) is 3.25. The van der Waals surface area contributed by atoms with Gasteiger partial charge >= 0.3 is 0 Å². The van der Waals surface area contributed by atoms with Crippen molar-refractivity contribution in [3.63, 3.8) is 0 Å². The van der Waals surface area contributed by atoms with Crippen molar-refractivity contribution in [3.8, 4) is 0 Å². The van der Waals surface area contributed by atoms with E-state index in [1.807, 2.05) is 0 Å². The molecule has 27 heavy (non-hydrogen) atoms. The Balaban J connectivity index is 1.71. The molecule has 0 unspecified atom stereocenters. The molecule has 1 fully saturated rings. The summed E-state index contributed by atoms with van der Waals surface area (Å²) >= 11 is 3.16. The van der Waals surface area contributed by atoms with Crippen LogP contribution in [0.4, 0.5) is 21.5 Å². The molecule has 3 amide bonds. The summed E-state index contributed by atoms with van der Waals surface area (Å²) in [6.07, 6.45) is 0.0361. The van der Waals surface area contributed by atoms with E-state index in [4.69, 9.17) is 0 Å². The van der Waals surface area contributed by atoms with E-state index in [-0.39, 0.29) is 30.5 Å². The quantitative estimate of drug-likeness (QED) is 0.773. The van der Waals surface area contributed by atoms with Gasteiger partial charge in [-0.15, -0.1) is 0 Å². The Labute approximate surface area is 163 Å². The van der Waals surface area contributed by atoms with Crippen LogP contribution in [0.25, 0.3) is 0 Å². The molecule has 0 aromatic heterocycles. The van der Waals surface area contributed by atoms with Crippen molar-refractivity contribution in [2.45, 2.75) is 13.3 Å². The number of hydrogen-bond acceptors (Lipinski definition) is 3. The van der Waals surface area contributed by atoms with Gasteiger partial charge in [-0.2, -0.15) is 0 Å². The van der Waals surface area contributed by atoms with Crippen LogP contribution in [0.2, 0.25) is 0 Å². The highest BCUT2D eigenvalue weighted by Crippen LogP contribution is 2.28. The van der Waals surface area contributed by atoms with Gasteiger partial charge in [-0.05, 0) is 36.4 Å². The number of nitrogens with one attached hydrogen (secondary N) is 2. The van der Waals surface area contributed by atoms with Gasteiger partial charge in [0.05, 0.1) is 11.6 Å². The van der Waals surface area contributed by atoms with Gasteiger partial charge in [0.1, 0.15) is 5.82 Å². The van der Waals surface area contributed by atoms with Crippen LogP contribution in [0.5, 0.6) is 0 Å². The van der Waals surface area contributed by atoms with E-state index in [0.717, 1.165) is 0 Å². The Hall–Kier alpha value is -2.74. The summed E-state index contributed by atoms with van der Waals surface area (Å²) in [5, 5.41) is 5.20. The molecule has 0 aliphatic carbocycles. The third-order valence-electron chi connectivity index (χ3n) is 4.16. The summed E-state index contributed by atoms with van der Waals surface area (Å²) in [5.74, 6) is -1.97. The zero-order chi connectivity index (χ0) is 19.6. The van der Waals surface area contributed by atoms with E-state index in [2.05, 4.69) is 26.6 Å². The predicted octanol–water partition coefficient (Wildman–Crippen LogP) is 3.54. The van der Waals surface area contributed by atoms with Crippen LogP contribution in [0.3, 0.4) is 0 Å². The Bertz CT molecular complexity index is 919. The lowest BCUT2D eigenvalue weighted by atomic mass is 10.1. The van der Waals surface area contributed by atoms with Crippen molar-refractivity contribution in [3.05, 3.63) is 52.8 Å². The Morgan fingerprint density at radius 3 is 2.67 bits per heavy atom. The van der Waals surface area contributed by atoms with Gasteiger partial charge in [0.2, 0.25) is 17.7 Å². The van der Waals surface area contributed by atoms with E-state index in [1.54, 1.807) is 30.3 Å². The molecule has 1 aliphatic heterocycles. The van der Waals surface area contributed by atoms with Gasteiger partial charge in [0.15, 0.2) is 0 Å². The molecular formula is C19H17BrFN3O3. The molecule has 1 aliphatic rings. The van der Waals surface area contributed by atoms with Gasteiger partial charge < -0.3 is 15.5 Å². The monoisotopic (exact) mass is 433 g/mol. The average molecular weight is 434 g/mol. The number of amides is 3. The fraction of sp³-hybridized carbons (Fsp3) is 0.211. The summed E-state index contributed by atoms with van der Waals surface area (Å²) in [6, 6.07) is 11.2. The first-order valence-corrected chi connectivity index (χ1v) is 9.06. The molecule has 2 aromatic rings. The lowest BCUT2D eigenvalue weighted by Crippen LogP contribution is -2.28. The third-order valence-corrected chi connectivity index (χ3v) is 4.66. The van der Waals surface area contributed by atoms with Crippen LogP contribution < -0.4 is 15.5 Å². The van der Waals surface area contributed by atoms with Gasteiger partial charge in [-0.3, -0.25) is 14.4 Å². The number of nitrogens with zero attached hydrogens (tertiary/aromatic N) is 1. The summed E-state index contributed by atoms with van der Waals surface area (Å²) in [6.45, 7) is 1.58. The number of halogens is 2. The van der Waals surface area contributed by atoms with Crippen LogP contribution in [0.1, 0.15) is 13.3 Å². The molecular weight excluding hydrogens is 417 g/mol. The van der Waals surface area contributed by atoms with Crippen LogP contribution in [0.15, 0.2) is 46.9 Å². The van der Waals surface area contributed by atoms with Crippen molar-refractivity contribution in [2.75, 3.05) is 22.1 Å². The fourth-order valence-electron chi connectivity index (χ4n) is 2.91. The first kappa shape index (κ1) is 19.0. The first-order valence-electron chi connectivity index (χ1n) is 8.27. The van der Waals surface area contributed by atoms with Gasteiger partial charge in [0, 0.05) is 35.7 Å². The average Bonchev–Trinajstić information content (AvgIpc) is 2.99. The molecule has 0 bridgehead atoms. The normalized spacial score (nSPS) is 16.3. The predicted molar refractivity (Wildman–Crippen MR) is 104 cm³/mol. The lowest BCUT2D eigenvalue weighted by molar-refractivity contribution is -0.122. The highest BCUT2D eigenvalue weighted by molar-refractivity contribution is 9.10. The van der Waals surface area contributed by atoms with E-state index >= 15 is 0 Å². The zero-order valence-corrected chi connectivity index (χ0v) is 16.0. The third kappa shape index (κ3) is 4.51. The van der Waals surface area contributed by atoms with E-state index < -0.39 is 17.6 Å². The molecule has 1 saturated heterocycles. The van der Waals surface area contributed by atoms with Crippen molar-refractivity contribution in [2.24, 2.45) is 5.92 Å². The van der Waals surface area contributed by atoms with Crippen LogP contribution in [-0.4, -0.2) is 24.3 Å². The SMILES string of the molecule is CC(=O)Nc1cccc(N2C[C@H](C(=O)Nc3ccc(Br)cc3F)CC2=O)c1. The standard InChI is InChI=1S/C19H17BrFN3O3/c1-11(25)22-14-3-2-4-15(9-14)24-10-12(7-18(24)26)19(27)23-17-6-5-13(20)8-16(17)21/h2-6,8-9,12H,7,10H2,1H3,(H,22,25)(H,23,27)/t12-/m1/s1. The second-order valence-corrected chi connectivity index (χ2v) is 7.17.